The summed E-state index contributed by atoms with van der Waals surface area (Å²) < 4.78 is 0. The second-order valence-electron chi connectivity index (χ2n) is 1.50. The van der Waals surface area contributed by atoms with E-state index in [0.29, 0.717) is 0 Å². The molecule has 0 fully saturated rings. The van der Waals surface area contributed by atoms with E-state index in [1.807, 2.05) is 0 Å². The Kier molecular flexibility index (Phi) is 7.12. The molecule has 52 valence electrons. The Morgan fingerprint density at radius 1 is 1.50 bits per heavy atom. The van der Waals surface area contributed by atoms with Gasteiger partial charge in [0.1, 0.15) is 0 Å². The van der Waals surface area contributed by atoms with E-state index in [0.717, 1.165) is 0 Å². The molecule has 1 atom stereocenters. The van der Waals surface area contributed by atoms with Crippen LogP contribution in [0.5, 0.6) is 0 Å². The van der Waals surface area contributed by atoms with Crippen molar-refractivity contribution in [2.75, 3.05) is 0 Å². The molecule has 0 radical (unpaired) electrons. The molecule has 0 saturated carbocycles. The summed E-state index contributed by atoms with van der Waals surface area (Å²) in [6.45, 7) is 0. The van der Waals surface area contributed by atoms with Crippen molar-refractivity contribution in [1.29, 1.82) is 0 Å². The minimum Gasteiger partial charge on any atom is -0.550 e. The second-order valence-corrected chi connectivity index (χ2v) is 1.50. The first-order valence-corrected chi connectivity index (χ1v) is 2.20. The summed E-state index contributed by atoms with van der Waals surface area (Å²) >= 11 is 0. The van der Waals surface area contributed by atoms with Crippen LogP contribution in [-0.2, 0) is 9.59 Å². The molecule has 0 aliphatic rings. The zero-order chi connectivity index (χ0) is 7.44. The van der Waals surface area contributed by atoms with Gasteiger partial charge in [0.25, 0.3) is 0 Å². The molecule has 6 heteroatoms. The molecular formula is C4H6NNaO4. The number of hydrogen-bond donors (Lipinski definition) is 1. The number of carboxylic acids is 2. The van der Waals surface area contributed by atoms with Gasteiger partial charge in [-0.05, 0) is 0 Å². The SMILES string of the molecule is NC(CC(=O)[O-])C(=O)[O-].[H+].[Na+]. The van der Waals surface area contributed by atoms with Crippen LogP contribution in [0.1, 0.15) is 7.85 Å². The van der Waals surface area contributed by atoms with Gasteiger partial charge in [0.05, 0.1) is 5.97 Å². The molecule has 10 heavy (non-hydrogen) atoms. The standard InChI is InChI=1S/C4H7NO4.Na/c5-2(4(8)9)1-3(6)7;/h2H,1,5H2,(H,6,7)(H,8,9);/q;+1/p-1. The molecule has 0 amide bonds. The first kappa shape index (κ1) is 12.6. The van der Waals surface area contributed by atoms with Crippen LogP contribution in [0, 0.1) is 0 Å². The molecule has 0 saturated heterocycles. The number of rotatable bonds is 3. The molecule has 0 aromatic carbocycles. The molecule has 0 aliphatic heterocycles. The maximum atomic E-state index is 9.71. The van der Waals surface area contributed by atoms with Gasteiger partial charge in [0.15, 0.2) is 0 Å². The smallest absolute Gasteiger partial charge is 0.550 e. The van der Waals surface area contributed by atoms with Gasteiger partial charge in [-0.15, -0.1) is 0 Å². The summed E-state index contributed by atoms with van der Waals surface area (Å²) in [5.74, 6) is -3.08. The third-order valence-electron chi connectivity index (χ3n) is 0.689. The van der Waals surface area contributed by atoms with Gasteiger partial charge < -0.3 is 25.5 Å². The molecule has 0 heterocycles. The number of nitrogens with two attached hydrogens (primary N) is 1. The zero-order valence-corrected chi connectivity index (χ0v) is 7.49. The minimum atomic E-state index is -1.58. The second kappa shape index (κ2) is 5.67. The van der Waals surface area contributed by atoms with E-state index in [2.05, 4.69) is 0 Å². The largest absolute Gasteiger partial charge is 1.00 e. The zero-order valence-electron chi connectivity index (χ0n) is 6.49. The summed E-state index contributed by atoms with van der Waals surface area (Å²) in [6.07, 6.45) is -0.706. The summed E-state index contributed by atoms with van der Waals surface area (Å²) in [4.78, 5) is 19.3. The average molecular weight is 155 g/mol. The first-order valence-electron chi connectivity index (χ1n) is 2.20. The quantitative estimate of drug-likeness (QED) is 0.408. The molecule has 5 nitrogen and oxygen atoms in total. The normalized spacial score (nSPS) is 11.3. The van der Waals surface area contributed by atoms with E-state index in [9.17, 15) is 19.8 Å². The number of aliphatic carboxylic acids is 2. The van der Waals surface area contributed by atoms with Crippen molar-refractivity contribution in [1.82, 2.24) is 0 Å². The summed E-state index contributed by atoms with van der Waals surface area (Å²) in [5.41, 5.74) is 4.73. The van der Waals surface area contributed by atoms with Crippen molar-refractivity contribution in [2.45, 2.75) is 12.5 Å². The fourth-order valence-corrected chi connectivity index (χ4v) is 0.263. The van der Waals surface area contributed by atoms with Crippen LogP contribution < -0.4 is 45.5 Å². The van der Waals surface area contributed by atoms with E-state index in [1.54, 1.807) is 0 Å². The Morgan fingerprint density at radius 3 is 2.00 bits per heavy atom. The van der Waals surface area contributed by atoms with Crippen LogP contribution >= 0.6 is 0 Å². The molecule has 0 rings (SSSR count). The first-order chi connectivity index (χ1) is 4.04. The maximum absolute atomic E-state index is 9.71. The molecule has 0 bridgehead atoms. The third kappa shape index (κ3) is 6.03. The number of carboxylic acid groups (broad SMARTS) is 2. The van der Waals surface area contributed by atoms with E-state index < -0.39 is 24.4 Å². The number of carbonyl (C=O) groups excluding carboxylic acids is 2. The van der Waals surface area contributed by atoms with Crippen LogP contribution in [0.2, 0.25) is 0 Å². The van der Waals surface area contributed by atoms with Crippen molar-refractivity contribution in [2.24, 2.45) is 5.73 Å². The number of hydrogen-bond acceptors (Lipinski definition) is 5. The van der Waals surface area contributed by atoms with E-state index in [4.69, 9.17) is 5.73 Å². The van der Waals surface area contributed by atoms with Crippen molar-refractivity contribution in [3.05, 3.63) is 0 Å². The molecule has 0 aromatic heterocycles. The maximum Gasteiger partial charge on any atom is 1.00 e. The summed E-state index contributed by atoms with van der Waals surface area (Å²) in [6, 6.07) is -1.46. The molecule has 0 aromatic rings. The predicted octanol–water partition coefficient (Wildman–Crippen LogP) is -6.68. The van der Waals surface area contributed by atoms with Crippen molar-refractivity contribution in [3.8, 4) is 0 Å². The van der Waals surface area contributed by atoms with E-state index in [-0.39, 0.29) is 31.0 Å². The third-order valence-corrected chi connectivity index (χ3v) is 0.689. The Morgan fingerprint density at radius 2 is 1.90 bits per heavy atom. The fourth-order valence-electron chi connectivity index (χ4n) is 0.263. The Bertz CT molecular complexity index is 142. The molecule has 0 spiro atoms. The van der Waals surface area contributed by atoms with Gasteiger partial charge in [-0.3, -0.25) is 0 Å². The minimum absolute atomic E-state index is 0. The fraction of sp³-hybridized carbons (Fsp3) is 0.500. The Hall–Kier alpha value is -0.100. The predicted molar refractivity (Wildman–Crippen MR) is 23.7 cm³/mol. The van der Waals surface area contributed by atoms with Crippen molar-refractivity contribution in [3.63, 3.8) is 0 Å². The molecule has 0 aliphatic carbocycles. The van der Waals surface area contributed by atoms with Gasteiger partial charge in [-0.1, -0.05) is 0 Å². The Balaban J connectivity index is -0.000000320. The number of carbonyl (C=O) groups is 2. The topological polar surface area (TPSA) is 106 Å². The van der Waals surface area contributed by atoms with Crippen LogP contribution in [0.3, 0.4) is 0 Å². The van der Waals surface area contributed by atoms with Gasteiger partial charge in [-0.25, -0.2) is 0 Å². The monoisotopic (exact) mass is 155 g/mol. The van der Waals surface area contributed by atoms with Crippen LogP contribution in [0.4, 0.5) is 0 Å². The average Bonchev–Trinajstić information content (AvgIpc) is 1.63. The van der Waals surface area contributed by atoms with Crippen LogP contribution in [0.15, 0.2) is 0 Å². The summed E-state index contributed by atoms with van der Waals surface area (Å²) in [5, 5.41) is 19.3. The Labute approximate surface area is 81.0 Å². The summed E-state index contributed by atoms with van der Waals surface area (Å²) in [7, 11) is 0. The molecule has 1 unspecified atom stereocenters. The van der Waals surface area contributed by atoms with Gasteiger partial charge in [0, 0.05) is 18.4 Å². The van der Waals surface area contributed by atoms with E-state index in [1.165, 1.54) is 0 Å². The van der Waals surface area contributed by atoms with Crippen molar-refractivity contribution < 1.29 is 50.8 Å². The van der Waals surface area contributed by atoms with Gasteiger partial charge in [0.2, 0.25) is 0 Å². The van der Waals surface area contributed by atoms with Gasteiger partial charge in [-0.2, -0.15) is 0 Å². The van der Waals surface area contributed by atoms with Crippen LogP contribution in [0.25, 0.3) is 0 Å². The van der Waals surface area contributed by atoms with E-state index >= 15 is 0 Å². The van der Waals surface area contributed by atoms with Crippen LogP contribution in [-0.4, -0.2) is 18.0 Å². The molecule has 2 N–H and O–H groups in total. The van der Waals surface area contributed by atoms with Crippen molar-refractivity contribution >= 4 is 11.9 Å². The van der Waals surface area contributed by atoms with Gasteiger partial charge >= 0.3 is 31.0 Å². The molecular weight excluding hydrogens is 149 g/mol.